The normalized spacial score (nSPS) is 19.0. The minimum absolute atomic E-state index is 0.137. The van der Waals surface area contributed by atoms with Gasteiger partial charge in [0.15, 0.2) is 0 Å². The number of rotatable bonds is 4. The third kappa shape index (κ3) is 4.18. The highest BCUT2D eigenvalue weighted by Crippen LogP contribution is 2.23. The van der Waals surface area contributed by atoms with Crippen molar-refractivity contribution in [1.82, 2.24) is 0 Å². The van der Waals surface area contributed by atoms with E-state index in [4.69, 9.17) is 20.2 Å². The summed E-state index contributed by atoms with van der Waals surface area (Å²) in [5.41, 5.74) is 0.137. The summed E-state index contributed by atoms with van der Waals surface area (Å²) in [6.07, 6.45) is 0.854. The van der Waals surface area contributed by atoms with Gasteiger partial charge in [-0.3, -0.25) is 0 Å². The van der Waals surface area contributed by atoms with E-state index in [0.717, 1.165) is 6.42 Å². The lowest BCUT2D eigenvalue weighted by Crippen LogP contribution is -2.14. The molecular formula is C12H12BrClO5S. The van der Waals surface area contributed by atoms with E-state index in [-0.39, 0.29) is 23.0 Å². The maximum atomic E-state index is 11.9. The van der Waals surface area contributed by atoms with Gasteiger partial charge in [0.25, 0.3) is 9.05 Å². The monoisotopic (exact) mass is 382 g/mol. The zero-order valence-corrected chi connectivity index (χ0v) is 13.5. The molecule has 1 aromatic rings. The lowest BCUT2D eigenvalue weighted by atomic mass is 10.1. The Morgan fingerprint density at radius 3 is 2.80 bits per heavy atom. The van der Waals surface area contributed by atoms with E-state index < -0.39 is 15.0 Å². The van der Waals surface area contributed by atoms with Crippen LogP contribution < -0.4 is 0 Å². The van der Waals surface area contributed by atoms with Crippen LogP contribution in [0.2, 0.25) is 0 Å². The Hall–Kier alpha value is -0.630. The number of halogens is 2. The molecule has 1 aromatic carbocycles. The van der Waals surface area contributed by atoms with E-state index in [1.54, 1.807) is 0 Å². The van der Waals surface area contributed by atoms with E-state index in [9.17, 15) is 13.2 Å². The molecule has 20 heavy (non-hydrogen) atoms. The minimum atomic E-state index is -3.90. The number of hydrogen-bond acceptors (Lipinski definition) is 5. The van der Waals surface area contributed by atoms with Gasteiger partial charge in [0.05, 0.1) is 23.7 Å². The first-order valence-electron chi connectivity index (χ1n) is 5.86. The Balaban J connectivity index is 2.11. The molecular weight excluding hydrogens is 372 g/mol. The Labute approximate surface area is 129 Å². The molecule has 1 heterocycles. The zero-order valence-electron chi connectivity index (χ0n) is 10.3. The van der Waals surface area contributed by atoms with Crippen molar-refractivity contribution in [3.05, 3.63) is 28.2 Å². The zero-order chi connectivity index (χ0) is 14.8. The second-order valence-electron chi connectivity index (χ2n) is 4.44. The molecule has 5 nitrogen and oxygen atoms in total. The average molecular weight is 384 g/mol. The molecule has 0 aromatic heterocycles. The lowest BCUT2D eigenvalue weighted by molar-refractivity contribution is 0.0428. The van der Waals surface area contributed by atoms with Gasteiger partial charge in [0, 0.05) is 27.7 Å². The molecule has 1 fully saturated rings. The quantitative estimate of drug-likeness (QED) is 0.590. The summed E-state index contributed by atoms with van der Waals surface area (Å²) in [5.74, 6) is -0.387. The second kappa shape index (κ2) is 6.43. The SMILES string of the molecule is O=C(OCC1CCOC1)c1cc(Br)cc(S(=O)(=O)Cl)c1. The fourth-order valence-electron chi connectivity index (χ4n) is 1.81. The van der Waals surface area contributed by atoms with Crippen LogP contribution in [0.3, 0.4) is 0 Å². The Morgan fingerprint density at radius 2 is 2.20 bits per heavy atom. The number of hydrogen-bond donors (Lipinski definition) is 0. The van der Waals surface area contributed by atoms with Gasteiger partial charge in [-0.2, -0.15) is 0 Å². The molecule has 0 amide bonds. The molecule has 0 radical (unpaired) electrons. The van der Waals surface area contributed by atoms with Gasteiger partial charge in [-0.05, 0) is 24.6 Å². The largest absolute Gasteiger partial charge is 0.462 e. The molecule has 0 N–H and O–H groups in total. The average Bonchev–Trinajstić information content (AvgIpc) is 2.87. The van der Waals surface area contributed by atoms with Gasteiger partial charge in [-0.15, -0.1) is 0 Å². The Morgan fingerprint density at radius 1 is 1.45 bits per heavy atom. The first-order chi connectivity index (χ1) is 9.36. The first kappa shape index (κ1) is 15.8. The number of carbonyl (C=O) groups excluding carboxylic acids is 1. The van der Waals surface area contributed by atoms with Gasteiger partial charge in [0.1, 0.15) is 0 Å². The molecule has 0 spiro atoms. The molecule has 1 aliphatic rings. The van der Waals surface area contributed by atoms with Crippen LogP contribution in [0.25, 0.3) is 0 Å². The first-order valence-corrected chi connectivity index (χ1v) is 8.96. The van der Waals surface area contributed by atoms with Gasteiger partial charge in [0.2, 0.25) is 0 Å². The van der Waals surface area contributed by atoms with Crippen molar-refractivity contribution in [1.29, 1.82) is 0 Å². The number of ether oxygens (including phenoxy) is 2. The summed E-state index contributed by atoms with van der Waals surface area (Å²) in [6, 6.07) is 4.00. The molecule has 0 bridgehead atoms. The third-order valence-corrected chi connectivity index (χ3v) is 4.65. The highest BCUT2D eigenvalue weighted by molar-refractivity contribution is 9.10. The van der Waals surface area contributed by atoms with E-state index in [0.29, 0.717) is 17.7 Å². The van der Waals surface area contributed by atoms with Crippen LogP contribution in [0.4, 0.5) is 0 Å². The molecule has 1 atom stereocenters. The fourth-order valence-corrected chi connectivity index (χ4v) is 3.26. The summed E-state index contributed by atoms with van der Waals surface area (Å²) in [7, 11) is 1.37. The van der Waals surface area contributed by atoms with Crippen molar-refractivity contribution in [2.24, 2.45) is 5.92 Å². The smallest absolute Gasteiger partial charge is 0.338 e. The van der Waals surface area contributed by atoms with Gasteiger partial charge >= 0.3 is 5.97 Å². The Bertz CT molecular complexity index is 610. The summed E-state index contributed by atoms with van der Waals surface area (Å²) < 4.78 is 33.4. The lowest BCUT2D eigenvalue weighted by Gasteiger charge is -2.09. The van der Waals surface area contributed by atoms with Crippen molar-refractivity contribution in [3.63, 3.8) is 0 Å². The van der Waals surface area contributed by atoms with Crippen molar-refractivity contribution >= 4 is 41.6 Å². The predicted molar refractivity (Wildman–Crippen MR) is 76.4 cm³/mol. The molecule has 1 unspecified atom stereocenters. The van der Waals surface area contributed by atoms with Gasteiger partial charge in [-0.1, -0.05) is 15.9 Å². The second-order valence-corrected chi connectivity index (χ2v) is 7.92. The molecule has 2 rings (SSSR count). The maximum Gasteiger partial charge on any atom is 0.338 e. The van der Waals surface area contributed by atoms with Crippen LogP contribution in [0, 0.1) is 5.92 Å². The Kier molecular flexibility index (Phi) is 5.06. The van der Waals surface area contributed by atoms with Crippen LogP contribution in [0.1, 0.15) is 16.8 Å². The topological polar surface area (TPSA) is 69.7 Å². The van der Waals surface area contributed by atoms with E-state index in [1.165, 1.54) is 18.2 Å². The van der Waals surface area contributed by atoms with Crippen LogP contribution in [-0.2, 0) is 18.5 Å². The van der Waals surface area contributed by atoms with E-state index in [1.807, 2.05) is 0 Å². The van der Waals surface area contributed by atoms with E-state index in [2.05, 4.69) is 15.9 Å². The maximum absolute atomic E-state index is 11.9. The predicted octanol–water partition coefficient (Wildman–Crippen LogP) is 2.57. The van der Waals surface area contributed by atoms with Crippen molar-refractivity contribution < 1.29 is 22.7 Å². The van der Waals surface area contributed by atoms with Gasteiger partial charge < -0.3 is 9.47 Å². The summed E-state index contributed by atoms with van der Waals surface area (Å²) in [4.78, 5) is 11.8. The number of esters is 1. The van der Waals surface area contributed by atoms with E-state index >= 15 is 0 Å². The highest BCUT2D eigenvalue weighted by Gasteiger charge is 2.20. The standard InChI is InChI=1S/C12H12BrClO5S/c13-10-3-9(4-11(5-10)20(14,16)17)12(15)19-7-8-1-2-18-6-8/h3-5,8H,1-2,6-7H2. The summed E-state index contributed by atoms with van der Waals surface area (Å²) in [6.45, 7) is 1.51. The molecule has 0 saturated carbocycles. The van der Waals surface area contributed by atoms with Crippen molar-refractivity contribution in [2.75, 3.05) is 19.8 Å². The van der Waals surface area contributed by atoms with Crippen LogP contribution in [0.5, 0.6) is 0 Å². The molecule has 1 aliphatic heterocycles. The van der Waals surface area contributed by atoms with Crippen molar-refractivity contribution in [2.45, 2.75) is 11.3 Å². The van der Waals surface area contributed by atoms with Crippen LogP contribution in [0.15, 0.2) is 27.6 Å². The summed E-state index contributed by atoms with van der Waals surface area (Å²) in [5, 5.41) is 0. The van der Waals surface area contributed by atoms with Crippen LogP contribution in [-0.4, -0.2) is 34.2 Å². The van der Waals surface area contributed by atoms with Crippen molar-refractivity contribution in [3.8, 4) is 0 Å². The molecule has 0 aliphatic carbocycles. The minimum Gasteiger partial charge on any atom is -0.462 e. The molecule has 110 valence electrons. The molecule has 8 heteroatoms. The summed E-state index contributed by atoms with van der Waals surface area (Å²) >= 11 is 3.14. The highest BCUT2D eigenvalue weighted by atomic mass is 79.9. The molecule has 1 saturated heterocycles. The third-order valence-electron chi connectivity index (χ3n) is 2.86. The fraction of sp³-hybridized carbons (Fsp3) is 0.417. The number of benzene rings is 1. The number of carbonyl (C=O) groups is 1. The van der Waals surface area contributed by atoms with Gasteiger partial charge in [-0.25, -0.2) is 13.2 Å². The van der Waals surface area contributed by atoms with Crippen LogP contribution >= 0.6 is 26.6 Å².